The van der Waals surface area contributed by atoms with E-state index in [0.29, 0.717) is 6.54 Å². The highest BCUT2D eigenvalue weighted by Crippen LogP contribution is 2.06. The predicted octanol–water partition coefficient (Wildman–Crippen LogP) is 2.10. The van der Waals surface area contributed by atoms with Gasteiger partial charge in [0.05, 0.1) is 12.2 Å². The first-order valence-electron chi connectivity index (χ1n) is 5.20. The molecule has 0 unspecified atom stereocenters. The molecule has 0 atom stereocenters. The van der Waals surface area contributed by atoms with Crippen molar-refractivity contribution in [3.63, 3.8) is 0 Å². The Morgan fingerprint density at radius 1 is 1.19 bits per heavy atom. The number of rotatable bonds is 3. The summed E-state index contributed by atoms with van der Waals surface area (Å²) in [5, 5.41) is 3.23. The fourth-order valence-electron chi connectivity index (χ4n) is 1.49. The van der Waals surface area contributed by atoms with Gasteiger partial charge in [0.1, 0.15) is 11.6 Å². The molecule has 0 aliphatic rings. The third kappa shape index (κ3) is 2.76. The van der Waals surface area contributed by atoms with Crippen molar-refractivity contribution in [1.82, 2.24) is 15.0 Å². The van der Waals surface area contributed by atoms with E-state index in [9.17, 15) is 0 Å². The lowest BCUT2D eigenvalue weighted by Gasteiger charge is -2.06. The van der Waals surface area contributed by atoms with Gasteiger partial charge in [-0.2, -0.15) is 0 Å². The average molecular weight is 214 g/mol. The third-order valence-corrected chi connectivity index (χ3v) is 2.14. The first-order valence-corrected chi connectivity index (χ1v) is 5.20. The zero-order chi connectivity index (χ0) is 11.4. The molecule has 4 heteroatoms. The minimum Gasteiger partial charge on any atom is -0.364 e. The molecule has 2 aromatic rings. The molecule has 0 aliphatic heterocycles. The van der Waals surface area contributed by atoms with Crippen LogP contribution < -0.4 is 5.32 Å². The van der Waals surface area contributed by atoms with Gasteiger partial charge in [0.2, 0.25) is 0 Å². The number of aromatic nitrogens is 3. The largest absolute Gasteiger partial charge is 0.364 e. The molecule has 16 heavy (non-hydrogen) atoms. The summed E-state index contributed by atoms with van der Waals surface area (Å²) in [6.07, 6.45) is 1.79. The molecule has 0 radical (unpaired) electrons. The Balaban J connectivity index is 2.05. The fourth-order valence-corrected chi connectivity index (χ4v) is 1.49. The lowest BCUT2D eigenvalue weighted by Crippen LogP contribution is -2.04. The predicted molar refractivity (Wildman–Crippen MR) is 63.1 cm³/mol. The number of anilines is 1. The second-order valence-corrected chi connectivity index (χ2v) is 3.62. The molecule has 0 saturated heterocycles. The van der Waals surface area contributed by atoms with E-state index in [0.717, 1.165) is 23.0 Å². The number of nitrogens with zero attached hydrogens (tertiary/aromatic N) is 3. The lowest BCUT2D eigenvalue weighted by molar-refractivity contribution is 0.975. The minimum absolute atomic E-state index is 0.677. The molecular weight excluding hydrogens is 200 g/mol. The minimum atomic E-state index is 0.677. The topological polar surface area (TPSA) is 50.7 Å². The Labute approximate surface area is 94.8 Å². The van der Waals surface area contributed by atoms with E-state index in [1.807, 2.05) is 38.1 Å². The Morgan fingerprint density at radius 2 is 2.06 bits per heavy atom. The van der Waals surface area contributed by atoms with Crippen LogP contribution in [0.4, 0.5) is 5.82 Å². The van der Waals surface area contributed by atoms with Crippen molar-refractivity contribution >= 4 is 5.82 Å². The molecule has 0 aliphatic carbocycles. The molecule has 0 spiro atoms. The van der Waals surface area contributed by atoms with Gasteiger partial charge in [0.25, 0.3) is 0 Å². The van der Waals surface area contributed by atoms with E-state index in [1.54, 1.807) is 6.20 Å². The third-order valence-electron chi connectivity index (χ3n) is 2.14. The Morgan fingerprint density at radius 3 is 2.75 bits per heavy atom. The first-order chi connectivity index (χ1) is 7.74. The Hall–Kier alpha value is -1.97. The quantitative estimate of drug-likeness (QED) is 0.850. The molecule has 4 nitrogen and oxygen atoms in total. The highest BCUT2D eigenvalue weighted by atomic mass is 15.0. The summed E-state index contributed by atoms with van der Waals surface area (Å²) in [7, 11) is 0. The second-order valence-electron chi connectivity index (χ2n) is 3.62. The number of aryl methyl sites for hydroxylation is 2. The van der Waals surface area contributed by atoms with Crippen molar-refractivity contribution in [1.29, 1.82) is 0 Å². The molecule has 2 aromatic heterocycles. The van der Waals surface area contributed by atoms with Crippen LogP contribution >= 0.6 is 0 Å². The molecular formula is C12H14N4. The maximum absolute atomic E-state index is 4.30. The SMILES string of the molecule is Cc1cc(NCc2ccccn2)nc(C)n1. The van der Waals surface area contributed by atoms with Crippen molar-refractivity contribution in [2.24, 2.45) is 0 Å². The summed E-state index contributed by atoms with van der Waals surface area (Å²) in [6.45, 7) is 4.52. The van der Waals surface area contributed by atoms with Gasteiger partial charge in [-0.3, -0.25) is 4.98 Å². The van der Waals surface area contributed by atoms with Gasteiger partial charge in [-0.15, -0.1) is 0 Å². The maximum atomic E-state index is 4.30. The van der Waals surface area contributed by atoms with E-state index in [2.05, 4.69) is 20.3 Å². The van der Waals surface area contributed by atoms with Gasteiger partial charge in [-0.1, -0.05) is 6.07 Å². The number of nitrogens with one attached hydrogen (secondary N) is 1. The molecule has 0 aromatic carbocycles. The monoisotopic (exact) mass is 214 g/mol. The summed E-state index contributed by atoms with van der Waals surface area (Å²) in [5.41, 5.74) is 1.97. The summed E-state index contributed by atoms with van der Waals surface area (Å²) in [5.74, 6) is 1.62. The van der Waals surface area contributed by atoms with E-state index in [4.69, 9.17) is 0 Å². The zero-order valence-corrected chi connectivity index (χ0v) is 9.44. The van der Waals surface area contributed by atoms with Crippen molar-refractivity contribution in [3.05, 3.63) is 47.7 Å². The number of hydrogen-bond donors (Lipinski definition) is 1. The molecule has 0 saturated carbocycles. The smallest absolute Gasteiger partial charge is 0.130 e. The van der Waals surface area contributed by atoms with Crippen molar-refractivity contribution in [2.45, 2.75) is 20.4 Å². The van der Waals surface area contributed by atoms with Crippen LogP contribution in [0.5, 0.6) is 0 Å². The van der Waals surface area contributed by atoms with Crippen LogP contribution in [0, 0.1) is 13.8 Å². The normalized spacial score (nSPS) is 10.1. The standard InChI is InChI=1S/C12H14N4/c1-9-7-12(16-10(2)15-9)14-8-11-5-3-4-6-13-11/h3-7H,8H2,1-2H3,(H,14,15,16). The summed E-state index contributed by atoms with van der Waals surface area (Å²) < 4.78 is 0. The van der Waals surface area contributed by atoms with Crippen molar-refractivity contribution in [2.75, 3.05) is 5.32 Å². The Kier molecular flexibility index (Phi) is 3.10. The van der Waals surface area contributed by atoms with Gasteiger partial charge in [0.15, 0.2) is 0 Å². The first kappa shape index (κ1) is 10.5. The lowest BCUT2D eigenvalue weighted by atomic mass is 10.3. The zero-order valence-electron chi connectivity index (χ0n) is 9.44. The van der Waals surface area contributed by atoms with Crippen molar-refractivity contribution < 1.29 is 0 Å². The summed E-state index contributed by atoms with van der Waals surface area (Å²) >= 11 is 0. The molecule has 0 amide bonds. The summed E-state index contributed by atoms with van der Waals surface area (Å²) in [6, 6.07) is 7.78. The van der Waals surface area contributed by atoms with Crippen molar-refractivity contribution in [3.8, 4) is 0 Å². The molecule has 82 valence electrons. The van der Waals surface area contributed by atoms with Crippen LogP contribution in [0.25, 0.3) is 0 Å². The van der Waals surface area contributed by atoms with Crippen LogP contribution in [0.2, 0.25) is 0 Å². The van der Waals surface area contributed by atoms with Gasteiger partial charge in [-0.05, 0) is 26.0 Å². The molecule has 2 rings (SSSR count). The molecule has 2 heterocycles. The van der Waals surface area contributed by atoms with Gasteiger partial charge < -0.3 is 5.32 Å². The average Bonchev–Trinajstić information content (AvgIpc) is 2.27. The maximum Gasteiger partial charge on any atom is 0.130 e. The second kappa shape index (κ2) is 4.70. The molecule has 0 bridgehead atoms. The van der Waals surface area contributed by atoms with Crippen LogP contribution in [0.3, 0.4) is 0 Å². The van der Waals surface area contributed by atoms with E-state index < -0.39 is 0 Å². The van der Waals surface area contributed by atoms with E-state index in [1.165, 1.54) is 0 Å². The van der Waals surface area contributed by atoms with Gasteiger partial charge in [0, 0.05) is 18.0 Å². The van der Waals surface area contributed by atoms with E-state index in [-0.39, 0.29) is 0 Å². The summed E-state index contributed by atoms with van der Waals surface area (Å²) in [4.78, 5) is 12.8. The highest BCUT2D eigenvalue weighted by molar-refractivity contribution is 5.36. The number of pyridine rings is 1. The van der Waals surface area contributed by atoms with Crippen LogP contribution in [-0.4, -0.2) is 15.0 Å². The van der Waals surface area contributed by atoms with Crippen LogP contribution in [-0.2, 0) is 6.54 Å². The van der Waals surface area contributed by atoms with Crippen LogP contribution in [0.15, 0.2) is 30.5 Å². The fraction of sp³-hybridized carbons (Fsp3) is 0.250. The van der Waals surface area contributed by atoms with Crippen LogP contribution in [0.1, 0.15) is 17.2 Å². The molecule has 1 N–H and O–H groups in total. The molecule has 0 fully saturated rings. The highest BCUT2D eigenvalue weighted by Gasteiger charge is 1.98. The van der Waals surface area contributed by atoms with Gasteiger partial charge in [-0.25, -0.2) is 9.97 Å². The van der Waals surface area contributed by atoms with E-state index >= 15 is 0 Å². The Bertz CT molecular complexity index is 447. The number of hydrogen-bond acceptors (Lipinski definition) is 4. The van der Waals surface area contributed by atoms with Gasteiger partial charge >= 0.3 is 0 Å².